The number of carbonyl (C=O) groups excluding carboxylic acids is 1. The summed E-state index contributed by atoms with van der Waals surface area (Å²) in [5.41, 5.74) is 0.358. The van der Waals surface area contributed by atoms with Crippen molar-refractivity contribution in [1.82, 2.24) is 0 Å². The summed E-state index contributed by atoms with van der Waals surface area (Å²) >= 11 is 9.37. The van der Waals surface area contributed by atoms with Crippen molar-refractivity contribution in [3.8, 4) is 11.5 Å². The molecule has 0 aliphatic rings. The van der Waals surface area contributed by atoms with Crippen LogP contribution in [0.5, 0.6) is 11.5 Å². The summed E-state index contributed by atoms with van der Waals surface area (Å²) in [6.07, 6.45) is 0.680. The number of rotatable bonds is 5. The molecule has 0 N–H and O–H groups in total. The Morgan fingerprint density at radius 1 is 1.38 bits per heavy atom. The topological polar surface area (TPSA) is 35.5 Å². The van der Waals surface area contributed by atoms with Gasteiger partial charge in [-0.1, -0.05) is 11.6 Å². The first kappa shape index (κ1) is 13.3. The molecule has 1 rings (SSSR count). The van der Waals surface area contributed by atoms with Crippen molar-refractivity contribution in [3.05, 3.63) is 21.1 Å². The van der Waals surface area contributed by atoms with Crippen molar-refractivity contribution in [1.29, 1.82) is 0 Å². The lowest BCUT2D eigenvalue weighted by molar-refractivity contribution is 0.112. The maximum atomic E-state index is 10.8. The quantitative estimate of drug-likeness (QED) is 0.778. The Bertz CT molecular complexity index is 393. The normalized spacial score (nSPS) is 10.0. The summed E-state index contributed by atoms with van der Waals surface area (Å²) in [4.78, 5) is 10.8. The highest BCUT2D eigenvalue weighted by Gasteiger charge is 2.16. The van der Waals surface area contributed by atoms with Gasteiger partial charge in [0.25, 0.3) is 0 Å². The molecule has 0 spiro atoms. The van der Waals surface area contributed by atoms with E-state index in [1.807, 2.05) is 13.8 Å². The van der Waals surface area contributed by atoms with Crippen LogP contribution in [0.25, 0.3) is 0 Å². The largest absolute Gasteiger partial charge is 0.493 e. The number of benzene rings is 1. The van der Waals surface area contributed by atoms with Crippen LogP contribution >= 0.6 is 27.5 Å². The molecule has 0 saturated heterocycles. The minimum absolute atomic E-state index is 0.298. The van der Waals surface area contributed by atoms with Crippen LogP contribution in [0.2, 0.25) is 5.02 Å². The molecule has 1 aromatic carbocycles. The van der Waals surface area contributed by atoms with Gasteiger partial charge in [-0.2, -0.15) is 0 Å². The fourth-order valence-electron chi connectivity index (χ4n) is 1.22. The second-order valence-electron chi connectivity index (χ2n) is 2.90. The average molecular weight is 308 g/mol. The van der Waals surface area contributed by atoms with Gasteiger partial charge in [-0.25, -0.2) is 0 Å². The Hall–Kier alpha value is -0.740. The third-order valence-corrected chi connectivity index (χ3v) is 3.01. The van der Waals surface area contributed by atoms with Crippen LogP contribution in [0.15, 0.2) is 10.5 Å². The Morgan fingerprint density at radius 3 is 2.50 bits per heavy atom. The SMILES string of the molecule is CCOc1cc(C=O)c(Cl)c(OCC)c1Br. The molecule has 0 atom stereocenters. The molecular weight excluding hydrogens is 295 g/mol. The van der Waals surface area contributed by atoms with E-state index in [-0.39, 0.29) is 0 Å². The van der Waals surface area contributed by atoms with Gasteiger partial charge in [0.1, 0.15) is 10.2 Å². The minimum atomic E-state index is 0.298. The van der Waals surface area contributed by atoms with Crippen molar-refractivity contribution in [3.63, 3.8) is 0 Å². The number of hydrogen-bond acceptors (Lipinski definition) is 3. The van der Waals surface area contributed by atoms with Gasteiger partial charge >= 0.3 is 0 Å². The molecule has 88 valence electrons. The lowest BCUT2D eigenvalue weighted by Gasteiger charge is -2.14. The first-order valence-electron chi connectivity index (χ1n) is 4.88. The van der Waals surface area contributed by atoms with Gasteiger partial charge in [-0.3, -0.25) is 4.79 Å². The molecule has 0 aliphatic heterocycles. The number of ether oxygens (including phenoxy) is 2. The number of halogens is 2. The zero-order chi connectivity index (χ0) is 12.1. The van der Waals surface area contributed by atoms with Crippen LogP contribution in [0, 0.1) is 0 Å². The summed E-state index contributed by atoms with van der Waals surface area (Å²) in [7, 11) is 0. The number of hydrogen-bond donors (Lipinski definition) is 0. The van der Waals surface area contributed by atoms with Gasteiger partial charge < -0.3 is 9.47 Å². The summed E-state index contributed by atoms with van der Waals surface area (Å²) < 4.78 is 11.4. The molecule has 0 aliphatic carbocycles. The van der Waals surface area contributed by atoms with Gasteiger partial charge in [0.2, 0.25) is 0 Å². The molecule has 0 amide bonds. The molecule has 0 aromatic heterocycles. The van der Waals surface area contributed by atoms with E-state index in [1.54, 1.807) is 6.07 Å². The fourth-order valence-corrected chi connectivity index (χ4v) is 2.13. The monoisotopic (exact) mass is 306 g/mol. The molecule has 0 heterocycles. The Labute approximate surface area is 108 Å². The second-order valence-corrected chi connectivity index (χ2v) is 4.08. The lowest BCUT2D eigenvalue weighted by atomic mass is 10.2. The van der Waals surface area contributed by atoms with E-state index in [0.717, 1.165) is 0 Å². The summed E-state index contributed by atoms with van der Waals surface area (Å²) in [5.74, 6) is 0.995. The van der Waals surface area contributed by atoms with Gasteiger partial charge in [-0.05, 0) is 35.8 Å². The predicted octanol–water partition coefficient (Wildman–Crippen LogP) is 3.71. The van der Waals surface area contributed by atoms with Crippen LogP contribution in [-0.2, 0) is 0 Å². The highest BCUT2D eigenvalue weighted by atomic mass is 79.9. The molecule has 3 nitrogen and oxygen atoms in total. The predicted molar refractivity (Wildman–Crippen MR) is 66.9 cm³/mol. The standard InChI is InChI=1S/C11H12BrClO3/c1-3-15-8-5-7(6-14)10(13)11(9(8)12)16-4-2/h5-6H,3-4H2,1-2H3. The molecule has 0 saturated carbocycles. The van der Waals surface area contributed by atoms with Crippen molar-refractivity contribution in [2.75, 3.05) is 13.2 Å². The first-order chi connectivity index (χ1) is 7.65. The highest BCUT2D eigenvalue weighted by Crippen LogP contribution is 2.42. The average Bonchev–Trinajstić information content (AvgIpc) is 2.28. The maximum absolute atomic E-state index is 10.8. The van der Waals surface area contributed by atoms with E-state index >= 15 is 0 Å². The Balaban J connectivity index is 3.32. The van der Waals surface area contributed by atoms with E-state index < -0.39 is 0 Å². The third kappa shape index (κ3) is 2.68. The van der Waals surface area contributed by atoms with Crippen LogP contribution in [-0.4, -0.2) is 19.5 Å². The fraction of sp³-hybridized carbons (Fsp3) is 0.364. The Morgan fingerprint density at radius 2 is 2.00 bits per heavy atom. The first-order valence-corrected chi connectivity index (χ1v) is 6.05. The third-order valence-electron chi connectivity index (χ3n) is 1.87. The van der Waals surface area contributed by atoms with Crippen LogP contribution in [0.1, 0.15) is 24.2 Å². The molecule has 0 fully saturated rings. The number of carbonyl (C=O) groups is 1. The van der Waals surface area contributed by atoms with E-state index in [9.17, 15) is 4.79 Å². The van der Waals surface area contributed by atoms with Crippen LogP contribution in [0.4, 0.5) is 0 Å². The molecule has 0 radical (unpaired) electrons. The van der Waals surface area contributed by atoms with E-state index in [2.05, 4.69) is 15.9 Å². The molecule has 16 heavy (non-hydrogen) atoms. The number of aldehydes is 1. The highest BCUT2D eigenvalue weighted by molar-refractivity contribution is 9.10. The van der Waals surface area contributed by atoms with Crippen molar-refractivity contribution in [2.24, 2.45) is 0 Å². The molecule has 0 bridgehead atoms. The molecule has 0 unspecified atom stereocenters. The molecular formula is C11H12BrClO3. The minimum Gasteiger partial charge on any atom is -0.493 e. The summed E-state index contributed by atoms with van der Waals surface area (Å²) in [5, 5.41) is 0.298. The van der Waals surface area contributed by atoms with Crippen molar-refractivity contribution >= 4 is 33.8 Å². The smallest absolute Gasteiger partial charge is 0.156 e. The molecule has 1 aromatic rings. The van der Waals surface area contributed by atoms with Crippen LogP contribution in [0.3, 0.4) is 0 Å². The van der Waals surface area contributed by atoms with E-state index in [0.29, 0.717) is 46.1 Å². The van der Waals surface area contributed by atoms with Gasteiger partial charge in [0.15, 0.2) is 12.0 Å². The van der Waals surface area contributed by atoms with E-state index in [4.69, 9.17) is 21.1 Å². The Kier molecular flexibility index (Phi) is 5.09. The van der Waals surface area contributed by atoms with Gasteiger partial charge in [0, 0.05) is 5.56 Å². The summed E-state index contributed by atoms with van der Waals surface area (Å²) in [6, 6.07) is 1.59. The van der Waals surface area contributed by atoms with Crippen molar-refractivity contribution < 1.29 is 14.3 Å². The van der Waals surface area contributed by atoms with Crippen molar-refractivity contribution in [2.45, 2.75) is 13.8 Å². The molecule has 5 heteroatoms. The zero-order valence-corrected chi connectivity index (χ0v) is 11.4. The van der Waals surface area contributed by atoms with Crippen LogP contribution < -0.4 is 9.47 Å². The van der Waals surface area contributed by atoms with Gasteiger partial charge in [-0.15, -0.1) is 0 Å². The maximum Gasteiger partial charge on any atom is 0.156 e. The lowest BCUT2D eigenvalue weighted by Crippen LogP contribution is -2.00. The van der Waals surface area contributed by atoms with Gasteiger partial charge in [0.05, 0.1) is 18.2 Å². The second kappa shape index (κ2) is 6.11. The van der Waals surface area contributed by atoms with E-state index in [1.165, 1.54) is 0 Å². The zero-order valence-electron chi connectivity index (χ0n) is 9.05. The summed E-state index contributed by atoms with van der Waals surface area (Å²) in [6.45, 7) is 4.68.